The number of nitrogens with zero attached hydrogens (tertiary/aromatic N) is 2. The molecule has 0 amide bonds. The molecule has 102 valence electrons. The average Bonchev–Trinajstić information content (AvgIpc) is 2.67. The van der Waals surface area contributed by atoms with Crippen molar-refractivity contribution < 1.29 is 0 Å². The predicted octanol–water partition coefficient (Wildman–Crippen LogP) is 2.98. The summed E-state index contributed by atoms with van der Waals surface area (Å²) in [5, 5.41) is 4.98. The maximum Gasteiger partial charge on any atom is 0.109 e. The number of likely N-dealkylation sites (tertiary alicyclic amines) is 1. The smallest absolute Gasteiger partial charge is 0.109 e. The number of hydrogen-bond acceptors (Lipinski definition) is 4. The highest BCUT2D eigenvalue weighted by molar-refractivity contribution is 7.11. The molecule has 3 nitrogen and oxygen atoms in total. The lowest BCUT2D eigenvalue weighted by atomic mass is 10.1. The molecule has 0 saturated carbocycles. The first-order valence-corrected chi connectivity index (χ1v) is 7.91. The van der Waals surface area contributed by atoms with Crippen LogP contribution in [0.25, 0.3) is 0 Å². The molecule has 18 heavy (non-hydrogen) atoms. The van der Waals surface area contributed by atoms with E-state index in [4.69, 9.17) is 0 Å². The minimum Gasteiger partial charge on any atom is -0.305 e. The summed E-state index contributed by atoms with van der Waals surface area (Å²) in [5.74, 6) is 0. The Morgan fingerprint density at radius 1 is 1.50 bits per heavy atom. The summed E-state index contributed by atoms with van der Waals surface area (Å²) < 4.78 is 0. The topological polar surface area (TPSA) is 28.2 Å². The van der Waals surface area contributed by atoms with E-state index in [0.29, 0.717) is 12.1 Å². The quantitative estimate of drug-likeness (QED) is 0.909. The molecular formula is C14H25N3S. The molecule has 0 radical (unpaired) electrons. The summed E-state index contributed by atoms with van der Waals surface area (Å²) in [6, 6.07) is 1.04. The second-order valence-electron chi connectivity index (χ2n) is 5.26. The van der Waals surface area contributed by atoms with Crippen molar-refractivity contribution in [1.82, 2.24) is 15.2 Å². The maximum atomic E-state index is 4.48. The highest BCUT2D eigenvalue weighted by Crippen LogP contribution is 2.21. The van der Waals surface area contributed by atoms with E-state index < -0.39 is 0 Å². The SMILES string of the molecule is CCN1CCCC(NC(C)c2ncc(C)s2)CC1. The van der Waals surface area contributed by atoms with Gasteiger partial charge in [0.15, 0.2) is 0 Å². The van der Waals surface area contributed by atoms with Gasteiger partial charge in [-0.15, -0.1) is 11.3 Å². The zero-order valence-corrected chi connectivity index (χ0v) is 12.6. The lowest BCUT2D eigenvalue weighted by molar-refractivity contribution is 0.295. The lowest BCUT2D eigenvalue weighted by Crippen LogP contribution is -2.32. The van der Waals surface area contributed by atoms with Crippen LogP contribution in [0, 0.1) is 6.92 Å². The number of aryl methyl sites for hydroxylation is 1. The van der Waals surface area contributed by atoms with E-state index in [2.05, 4.69) is 36.0 Å². The van der Waals surface area contributed by atoms with Gasteiger partial charge >= 0.3 is 0 Å². The summed E-state index contributed by atoms with van der Waals surface area (Å²) in [6.07, 6.45) is 5.85. The molecule has 2 atom stereocenters. The molecule has 1 aromatic rings. The molecule has 1 aromatic heterocycles. The summed E-state index contributed by atoms with van der Waals surface area (Å²) in [5.41, 5.74) is 0. The highest BCUT2D eigenvalue weighted by Gasteiger charge is 2.19. The molecule has 0 aliphatic carbocycles. The zero-order chi connectivity index (χ0) is 13.0. The second kappa shape index (κ2) is 6.64. The van der Waals surface area contributed by atoms with Gasteiger partial charge in [0.05, 0.1) is 6.04 Å². The van der Waals surface area contributed by atoms with E-state index in [1.807, 2.05) is 17.5 Å². The largest absolute Gasteiger partial charge is 0.305 e. The van der Waals surface area contributed by atoms with Gasteiger partial charge in [0.2, 0.25) is 0 Å². The molecule has 0 spiro atoms. The van der Waals surface area contributed by atoms with Crippen molar-refractivity contribution in [2.75, 3.05) is 19.6 Å². The Balaban J connectivity index is 1.85. The summed E-state index contributed by atoms with van der Waals surface area (Å²) in [4.78, 5) is 8.34. The van der Waals surface area contributed by atoms with Gasteiger partial charge in [-0.3, -0.25) is 0 Å². The molecule has 1 aliphatic heterocycles. The maximum absolute atomic E-state index is 4.48. The Morgan fingerprint density at radius 2 is 2.33 bits per heavy atom. The summed E-state index contributed by atoms with van der Waals surface area (Å²) >= 11 is 1.81. The van der Waals surface area contributed by atoms with E-state index in [-0.39, 0.29) is 0 Å². The Kier molecular flexibility index (Phi) is 5.15. The molecular weight excluding hydrogens is 242 g/mol. The Morgan fingerprint density at radius 3 is 3.00 bits per heavy atom. The van der Waals surface area contributed by atoms with Crippen molar-refractivity contribution in [2.45, 2.75) is 52.1 Å². The molecule has 1 aliphatic rings. The van der Waals surface area contributed by atoms with E-state index >= 15 is 0 Å². The third-order valence-corrected chi connectivity index (χ3v) is 4.86. The van der Waals surface area contributed by atoms with Crippen LogP contribution in [0.4, 0.5) is 0 Å². The van der Waals surface area contributed by atoms with Crippen molar-refractivity contribution in [2.24, 2.45) is 0 Å². The number of rotatable bonds is 4. The normalized spacial score (nSPS) is 23.8. The fourth-order valence-corrected chi connectivity index (χ4v) is 3.42. The zero-order valence-electron chi connectivity index (χ0n) is 11.8. The van der Waals surface area contributed by atoms with Crippen LogP contribution in [0.15, 0.2) is 6.20 Å². The first kappa shape index (κ1) is 14.0. The van der Waals surface area contributed by atoms with Crippen LogP contribution in [0.1, 0.15) is 49.0 Å². The third kappa shape index (κ3) is 3.77. The Hall–Kier alpha value is -0.450. The monoisotopic (exact) mass is 267 g/mol. The van der Waals surface area contributed by atoms with Crippen LogP contribution in [0.3, 0.4) is 0 Å². The van der Waals surface area contributed by atoms with Gasteiger partial charge in [0, 0.05) is 17.1 Å². The van der Waals surface area contributed by atoms with Gasteiger partial charge in [-0.1, -0.05) is 6.92 Å². The number of hydrogen-bond donors (Lipinski definition) is 1. The van der Waals surface area contributed by atoms with Gasteiger partial charge in [-0.25, -0.2) is 4.98 Å². The molecule has 4 heteroatoms. The second-order valence-corrected chi connectivity index (χ2v) is 6.53. The van der Waals surface area contributed by atoms with E-state index in [1.165, 1.54) is 48.8 Å². The standard InChI is InChI=1S/C14H25N3S/c1-4-17-8-5-6-13(7-9-17)16-12(3)14-15-10-11(2)18-14/h10,12-13,16H,4-9H2,1-3H3. The number of nitrogens with one attached hydrogen (secondary N) is 1. The van der Waals surface area contributed by atoms with Gasteiger partial charge in [-0.2, -0.15) is 0 Å². The fraction of sp³-hybridized carbons (Fsp3) is 0.786. The highest BCUT2D eigenvalue weighted by atomic mass is 32.1. The van der Waals surface area contributed by atoms with E-state index in [9.17, 15) is 0 Å². The first-order chi connectivity index (χ1) is 8.69. The molecule has 2 heterocycles. The summed E-state index contributed by atoms with van der Waals surface area (Å²) in [6.45, 7) is 10.3. The first-order valence-electron chi connectivity index (χ1n) is 7.09. The predicted molar refractivity (Wildman–Crippen MR) is 78.2 cm³/mol. The lowest BCUT2D eigenvalue weighted by Gasteiger charge is -2.21. The van der Waals surface area contributed by atoms with Gasteiger partial charge in [0.25, 0.3) is 0 Å². The van der Waals surface area contributed by atoms with Crippen molar-refractivity contribution in [1.29, 1.82) is 0 Å². The molecule has 1 saturated heterocycles. The molecule has 0 bridgehead atoms. The number of thiazole rings is 1. The third-order valence-electron chi connectivity index (χ3n) is 3.76. The summed E-state index contributed by atoms with van der Waals surface area (Å²) in [7, 11) is 0. The van der Waals surface area contributed by atoms with Crippen LogP contribution in [-0.2, 0) is 0 Å². The van der Waals surface area contributed by atoms with Crippen LogP contribution in [0.5, 0.6) is 0 Å². The molecule has 2 unspecified atom stereocenters. The minimum atomic E-state index is 0.391. The Labute approximate surface area is 115 Å². The molecule has 1 N–H and O–H groups in total. The van der Waals surface area contributed by atoms with Gasteiger partial charge < -0.3 is 10.2 Å². The van der Waals surface area contributed by atoms with Gasteiger partial charge in [-0.05, 0) is 52.7 Å². The van der Waals surface area contributed by atoms with E-state index in [1.54, 1.807) is 0 Å². The van der Waals surface area contributed by atoms with Crippen LogP contribution < -0.4 is 5.32 Å². The van der Waals surface area contributed by atoms with Gasteiger partial charge in [0.1, 0.15) is 5.01 Å². The van der Waals surface area contributed by atoms with Crippen LogP contribution in [-0.4, -0.2) is 35.6 Å². The van der Waals surface area contributed by atoms with Crippen molar-refractivity contribution in [3.8, 4) is 0 Å². The molecule has 1 fully saturated rings. The fourth-order valence-electron chi connectivity index (χ4n) is 2.64. The van der Waals surface area contributed by atoms with Crippen molar-refractivity contribution >= 4 is 11.3 Å². The average molecular weight is 267 g/mol. The van der Waals surface area contributed by atoms with E-state index in [0.717, 1.165) is 0 Å². The van der Waals surface area contributed by atoms with Crippen molar-refractivity contribution in [3.05, 3.63) is 16.1 Å². The Bertz CT molecular complexity index is 364. The molecule has 0 aromatic carbocycles. The minimum absolute atomic E-state index is 0.391. The van der Waals surface area contributed by atoms with Crippen molar-refractivity contribution in [3.63, 3.8) is 0 Å². The number of aromatic nitrogens is 1. The molecule has 2 rings (SSSR count). The van der Waals surface area contributed by atoms with Crippen LogP contribution >= 0.6 is 11.3 Å². The van der Waals surface area contributed by atoms with Crippen LogP contribution in [0.2, 0.25) is 0 Å².